The zero-order chi connectivity index (χ0) is 19.6. The Hall–Kier alpha value is -3.43. The van der Waals surface area contributed by atoms with Crippen molar-refractivity contribution in [3.63, 3.8) is 0 Å². The normalized spacial score (nSPS) is 11.3. The molecule has 4 N–H and O–H groups in total. The minimum Gasteiger partial charge on any atom is -0.393 e. The quantitative estimate of drug-likeness (QED) is 0.564. The summed E-state index contributed by atoms with van der Waals surface area (Å²) in [6.07, 6.45) is -3.40. The average Bonchev–Trinajstić information content (AvgIpc) is 2.60. The summed E-state index contributed by atoms with van der Waals surface area (Å²) in [7, 11) is 0. The highest BCUT2D eigenvalue weighted by atomic mass is 19.4. The number of nitrogens with two attached hydrogens (primary N) is 1. The number of hydrogen-bond donors (Lipinski definition) is 3. The highest BCUT2D eigenvalue weighted by molar-refractivity contribution is 5.80. The summed E-state index contributed by atoms with van der Waals surface area (Å²) in [4.78, 5) is 7.75. The molecule has 140 valence electrons. The third-order valence-corrected chi connectivity index (χ3v) is 3.52. The van der Waals surface area contributed by atoms with Crippen LogP contribution in [0.3, 0.4) is 0 Å². The Kier molecular flexibility index (Phi) is 4.80. The van der Waals surface area contributed by atoms with Crippen LogP contribution in [0.4, 0.5) is 50.6 Å². The maximum atomic E-state index is 13.8. The van der Waals surface area contributed by atoms with Gasteiger partial charge in [-0.1, -0.05) is 6.07 Å². The van der Waals surface area contributed by atoms with Crippen LogP contribution in [-0.4, -0.2) is 9.97 Å². The number of nitrogens with one attached hydrogen (secondary N) is 2. The second kappa shape index (κ2) is 7.06. The van der Waals surface area contributed by atoms with Crippen molar-refractivity contribution >= 4 is 28.7 Å². The van der Waals surface area contributed by atoms with E-state index in [0.717, 1.165) is 30.6 Å². The lowest BCUT2D eigenvalue weighted by Crippen LogP contribution is -2.07. The van der Waals surface area contributed by atoms with Crippen LogP contribution in [0.2, 0.25) is 0 Å². The fraction of sp³-hybridized carbons (Fsp3) is 0.0588. The summed E-state index contributed by atoms with van der Waals surface area (Å²) in [6.45, 7) is 0. The van der Waals surface area contributed by atoms with E-state index >= 15 is 0 Å². The van der Waals surface area contributed by atoms with Crippen molar-refractivity contribution in [1.82, 2.24) is 9.97 Å². The molecule has 2 aromatic carbocycles. The van der Waals surface area contributed by atoms with Crippen molar-refractivity contribution < 1.29 is 22.0 Å². The zero-order valence-electron chi connectivity index (χ0n) is 13.5. The first-order chi connectivity index (χ1) is 12.7. The fourth-order valence-electron chi connectivity index (χ4n) is 2.22. The van der Waals surface area contributed by atoms with Crippen LogP contribution < -0.4 is 16.4 Å². The third kappa shape index (κ3) is 4.22. The molecule has 0 bridgehead atoms. The van der Waals surface area contributed by atoms with E-state index in [1.54, 1.807) is 0 Å². The van der Waals surface area contributed by atoms with Crippen LogP contribution in [0.1, 0.15) is 5.56 Å². The maximum absolute atomic E-state index is 13.8. The number of halogens is 5. The van der Waals surface area contributed by atoms with Gasteiger partial charge in [-0.15, -0.1) is 0 Å². The number of alkyl halides is 3. The molecular weight excluding hydrogens is 369 g/mol. The van der Waals surface area contributed by atoms with E-state index in [9.17, 15) is 22.0 Å². The van der Waals surface area contributed by atoms with Crippen LogP contribution in [0, 0.1) is 11.6 Å². The lowest BCUT2D eigenvalue weighted by molar-refractivity contribution is -0.137. The number of nitrogen functional groups attached to an aromatic ring is 1. The van der Waals surface area contributed by atoms with Gasteiger partial charge in [0, 0.05) is 11.8 Å². The van der Waals surface area contributed by atoms with Gasteiger partial charge in [0.1, 0.15) is 23.6 Å². The average molecular weight is 381 g/mol. The molecule has 27 heavy (non-hydrogen) atoms. The molecule has 0 aliphatic rings. The number of aromatic nitrogens is 2. The Morgan fingerprint density at radius 2 is 1.59 bits per heavy atom. The minimum absolute atomic E-state index is 0.00461. The molecule has 0 atom stereocenters. The first kappa shape index (κ1) is 18.4. The molecule has 3 aromatic rings. The van der Waals surface area contributed by atoms with E-state index in [2.05, 4.69) is 20.6 Å². The Balaban J connectivity index is 1.87. The van der Waals surface area contributed by atoms with Crippen molar-refractivity contribution in [3.05, 3.63) is 66.0 Å². The Morgan fingerprint density at radius 1 is 0.889 bits per heavy atom. The molecule has 3 rings (SSSR count). The molecule has 0 unspecified atom stereocenters. The number of hydrogen-bond acceptors (Lipinski definition) is 5. The topological polar surface area (TPSA) is 75.9 Å². The minimum atomic E-state index is -4.50. The summed E-state index contributed by atoms with van der Waals surface area (Å²) in [5, 5.41) is 5.26. The highest BCUT2D eigenvalue weighted by Gasteiger charge is 2.30. The van der Waals surface area contributed by atoms with E-state index in [1.165, 1.54) is 12.1 Å². The fourth-order valence-corrected chi connectivity index (χ4v) is 2.22. The van der Waals surface area contributed by atoms with Crippen molar-refractivity contribution in [1.29, 1.82) is 0 Å². The van der Waals surface area contributed by atoms with Gasteiger partial charge in [0.25, 0.3) is 0 Å². The number of anilines is 5. The number of nitrogens with zero attached hydrogens (tertiary/aromatic N) is 2. The van der Waals surface area contributed by atoms with Gasteiger partial charge < -0.3 is 16.4 Å². The first-order valence-corrected chi connectivity index (χ1v) is 7.51. The van der Waals surface area contributed by atoms with Crippen LogP contribution in [0.15, 0.2) is 48.8 Å². The molecule has 0 spiro atoms. The summed E-state index contributed by atoms with van der Waals surface area (Å²) in [5.74, 6) is -1.58. The zero-order valence-corrected chi connectivity index (χ0v) is 13.5. The van der Waals surface area contributed by atoms with Crippen LogP contribution in [-0.2, 0) is 6.18 Å². The second-order valence-electron chi connectivity index (χ2n) is 5.44. The summed E-state index contributed by atoms with van der Waals surface area (Å²) < 4.78 is 65.2. The highest BCUT2D eigenvalue weighted by Crippen LogP contribution is 2.33. The van der Waals surface area contributed by atoms with Crippen molar-refractivity contribution in [3.8, 4) is 0 Å². The molecule has 0 aliphatic carbocycles. The summed E-state index contributed by atoms with van der Waals surface area (Å²) in [6, 6.07) is 7.35. The second-order valence-corrected chi connectivity index (χ2v) is 5.44. The van der Waals surface area contributed by atoms with Crippen LogP contribution in [0.5, 0.6) is 0 Å². The monoisotopic (exact) mass is 381 g/mol. The molecule has 1 aromatic heterocycles. The van der Waals surface area contributed by atoms with E-state index in [-0.39, 0.29) is 28.7 Å². The molecule has 0 fully saturated rings. The molecular formula is C17H12F5N5. The van der Waals surface area contributed by atoms with E-state index in [4.69, 9.17) is 5.73 Å². The van der Waals surface area contributed by atoms with Crippen molar-refractivity contribution in [2.75, 3.05) is 16.4 Å². The summed E-state index contributed by atoms with van der Waals surface area (Å²) >= 11 is 0. The maximum Gasteiger partial charge on any atom is 0.416 e. The Morgan fingerprint density at radius 3 is 2.26 bits per heavy atom. The molecule has 0 aliphatic heterocycles. The summed E-state index contributed by atoms with van der Waals surface area (Å²) in [5.41, 5.74) is 5.05. The molecule has 1 heterocycles. The predicted octanol–water partition coefficient (Wildman–Crippen LogP) is 4.84. The molecule has 0 saturated heterocycles. The van der Waals surface area contributed by atoms with E-state index in [0.29, 0.717) is 6.07 Å². The van der Waals surface area contributed by atoms with Crippen LogP contribution in [0.25, 0.3) is 0 Å². The van der Waals surface area contributed by atoms with Gasteiger partial charge in [0.15, 0.2) is 11.6 Å². The van der Waals surface area contributed by atoms with Crippen molar-refractivity contribution in [2.45, 2.75) is 6.18 Å². The van der Waals surface area contributed by atoms with Gasteiger partial charge >= 0.3 is 6.18 Å². The Labute approximate surface area is 150 Å². The Bertz CT molecular complexity index is 974. The van der Waals surface area contributed by atoms with Gasteiger partial charge in [-0.2, -0.15) is 13.2 Å². The van der Waals surface area contributed by atoms with Gasteiger partial charge in [-0.05, 0) is 30.3 Å². The van der Waals surface area contributed by atoms with E-state index < -0.39 is 23.4 Å². The lowest BCUT2D eigenvalue weighted by Gasteiger charge is -2.14. The number of rotatable bonds is 4. The molecule has 0 radical (unpaired) electrons. The molecule has 5 nitrogen and oxygen atoms in total. The largest absolute Gasteiger partial charge is 0.416 e. The van der Waals surface area contributed by atoms with Gasteiger partial charge in [-0.3, -0.25) is 0 Å². The molecule has 10 heteroatoms. The predicted molar refractivity (Wildman–Crippen MR) is 90.8 cm³/mol. The smallest absolute Gasteiger partial charge is 0.393 e. The third-order valence-electron chi connectivity index (χ3n) is 3.52. The van der Waals surface area contributed by atoms with Crippen LogP contribution >= 0.6 is 0 Å². The van der Waals surface area contributed by atoms with Gasteiger partial charge in [-0.25, -0.2) is 18.7 Å². The number of benzene rings is 2. The van der Waals surface area contributed by atoms with Crippen molar-refractivity contribution in [2.24, 2.45) is 0 Å². The molecule has 0 saturated carbocycles. The first-order valence-electron chi connectivity index (χ1n) is 7.51. The SMILES string of the molecule is Nc1c(Nc2cccc(C(F)(F)F)c2)ncnc1Nc1ccc(F)cc1F. The van der Waals surface area contributed by atoms with Gasteiger partial charge in [0.2, 0.25) is 0 Å². The standard InChI is InChI=1S/C17H12F5N5/c18-10-4-5-13(12(19)7-10)27-16-14(23)15(24-8-25-16)26-11-3-1-2-9(6-11)17(20,21)22/h1-8H,23H2,(H2,24,25,26,27). The lowest BCUT2D eigenvalue weighted by atomic mass is 10.2. The van der Waals surface area contributed by atoms with Gasteiger partial charge in [0.05, 0.1) is 11.3 Å². The molecule has 0 amide bonds. The van der Waals surface area contributed by atoms with E-state index in [1.807, 2.05) is 0 Å².